The van der Waals surface area contributed by atoms with Gasteiger partial charge in [0.05, 0.1) is 6.61 Å². The van der Waals surface area contributed by atoms with E-state index in [1.54, 1.807) is 0 Å². The molecule has 0 spiro atoms. The Morgan fingerprint density at radius 3 is 3.00 bits per heavy atom. The quantitative estimate of drug-likeness (QED) is 0.651. The van der Waals surface area contributed by atoms with Crippen molar-refractivity contribution in [3.05, 3.63) is 29.8 Å². The normalized spacial score (nSPS) is 9.50. The van der Waals surface area contributed by atoms with E-state index in [9.17, 15) is 4.79 Å². The molecular formula is C11H14O3. The number of ether oxygens (including phenoxy) is 2. The molecule has 0 saturated heterocycles. The summed E-state index contributed by atoms with van der Waals surface area (Å²) in [7, 11) is 0. The van der Waals surface area contributed by atoms with Crippen molar-refractivity contribution in [1.29, 1.82) is 0 Å². The zero-order valence-electron chi connectivity index (χ0n) is 8.23. The molecule has 0 amide bonds. The minimum Gasteiger partial charge on any atom is -0.494 e. The first kappa shape index (κ1) is 10.6. The molecule has 0 aliphatic heterocycles. The first-order valence-electron chi connectivity index (χ1n) is 4.63. The zero-order chi connectivity index (χ0) is 10.2. The minimum absolute atomic E-state index is 0.298. The van der Waals surface area contributed by atoms with Crippen molar-refractivity contribution in [2.45, 2.75) is 20.0 Å². The van der Waals surface area contributed by atoms with Gasteiger partial charge in [-0.2, -0.15) is 0 Å². The molecular weight excluding hydrogens is 180 g/mol. The van der Waals surface area contributed by atoms with Gasteiger partial charge >= 0.3 is 0 Å². The van der Waals surface area contributed by atoms with E-state index in [0.717, 1.165) is 17.7 Å². The van der Waals surface area contributed by atoms with Crippen LogP contribution in [0.2, 0.25) is 0 Å². The van der Waals surface area contributed by atoms with Gasteiger partial charge in [0.2, 0.25) is 0 Å². The lowest BCUT2D eigenvalue weighted by molar-refractivity contribution is -0.129. The Morgan fingerprint density at radius 1 is 1.43 bits per heavy atom. The average Bonchev–Trinajstić information content (AvgIpc) is 2.24. The van der Waals surface area contributed by atoms with Crippen LogP contribution in [0.25, 0.3) is 0 Å². The maximum absolute atomic E-state index is 9.98. The van der Waals surface area contributed by atoms with Crippen LogP contribution in [-0.4, -0.2) is 13.1 Å². The topological polar surface area (TPSA) is 35.5 Å². The molecule has 0 aliphatic rings. The smallest absolute Gasteiger partial charge is 0.293 e. The number of benzene rings is 1. The van der Waals surface area contributed by atoms with Gasteiger partial charge < -0.3 is 9.47 Å². The molecule has 14 heavy (non-hydrogen) atoms. The lowest BCUT2D eigenvalue weighted by atomic mass is 10.2. The van der Waals surface area contributed by atoms with Crippen molar-refractivity contribution >= 4 is 6.47 Å². The van der Waals surface area contributed by atoms with Gasteiger partial charge in [0.1, 0.15) is 12.4 Å². The van der Waals surface area contributed by atoms with Crippen LogP contribution in [-0.2, 0) is 16.1 Å². The number of rotatable bonds is 6. The van der Waals surface area contributed by atoms with Gasteiger partial charge in [-0.15, -0.1) is 0 Å². The second-order valence-corrected chi connectivity index (χ2v) is 2.90. The molecule has 3 heteroatoms. The monoisotopic (exact) mass is 194 g/mol. The standard InChI is InChI=1S/C11H14O3/c1-2-6-14-11-5-3-4-10(7-11)8-13-9-12/h3-5,7,9H,2,6,8H2,1H3. The largest absolute Gasteiger partial charge is 0.494 e. The number of carbonyl (C=O) groups is 1. The van der Waals surface area contributed by atoms with Crippen molar-refractivity contribution in [3.63, 3.8) is 0 Å². The van der Waals surface area contributed by atoms with Gasteiger partial charge in [-0.3, -0.25) is 4.79 Å². The van der Waals surface area contributed by atoms with Crippen LogP contribution < -0.4 is 4.74 Å². The summed E-state index contributed by atoms with van der Waals surface area (Å²) in [5.41, 5.74) is 0.936. The predicted octanol–water partition coefficient (Wildman–Crippen LogP) is 2.15. The second kappa shape index (κ2) is 6.02. The molecule has 0 N–H and O–H groups in total. The van der Waals surface area contributed by atoms with E-state index in [1.165, 1.54) is 0 Å². The third-order valence-electron chi connectivity index (χ3n) is 1.69. The zero-order valence-corrected chi connectivity index (χ0v) is 8.23. The van der Waals surface area contributed by atoms with Crippen molar-refractivity contribution in [3.8, 4) is 5.75 Å². The Balaban J connectivity index is 2.54. The van der Waals surface area contributed by atoms with E-state index in [0.29, 0.717) is 19.7 Å². The van der Waals surface area contributed by atoms with Crippen molar-refractivity contribution in [2.75, 3.05) is 6.61 Å². The summed E-state index contributed by atoms with van der Waals surface area (Å²) >= 11 is 0. The van der Waals surface area contributed by atoms with Crippen LogP contribution in [0.15, 0.2) is 24.3 Å². The van der Waals surface area contributed by atoms with Gasteiger partial charge in [-0.1, -0.05) is 19.1 Å². The molecule has 1 aromatic carbocycles. The van der Waals surface area contributed by atoms with Crippen molar-refractivity contribution < 1.29 is 14.3 Å². The van der Waals surface area contributed by atoms with Gasteiger partial charge in [0, 0.05) is 0 Å². The van der Waals surface area contributed by atoms with E-state index in [4.69, 9.17) is 4.74 Å². The molecule has 76 valence electrons. The molecule has 0 heterocycles. The molecule has 0 saturated carbocycles. The Bertz CT molecular complexity index is 284. The minimum atomic E-state index is 0.298. The fourth-order valence-electron chi connectivity index (χ4n) is 1.08. The van der Waals surface area contributed by atoms with Gasteiger partial charge in [0.25, 0.3) is 6.47 Å². The molecule has 0 bridgehead atoms. The highest BCUT2D eigenvalue weighted by molar-refractivity contribution is 5.38. The van der Waals surface area contributed by atoms with Crippen LogP contribution in [0.1, 0.15) is 18.9 Å². The number of hydrogen-bond donors (Lipinski definition) is 0. The molecule has 0 aliphatic carbocycles. The summed E-state index contributed by atoms with van der Waals surface area (Å²) in [5, 5.41) is 0. The Labute approximate surface area is 83.6 Å². The summed E-state index contributed by atoms with van der Waals surface area (Å²) in [6.07, 6.45) is 0.981. The molecule has 0 fully saturated rings. The van der Waals surface area contributed by atoms with Crippen molar-refractivity contribution in [1.82, 2.24) is 0 Å². The summed E-state index contributed by atoms with van der Waals surface area (Å²) in [4.78, 5) is 9.98. The van der Waals surface area contributed by atoms with Crippen LogP contribution in [0.5, 0.6) is 5.75 Å². The summed E-state index contributed by atoms with van der Waals surface area (Å²) in [5.74, 6) is 0.818. The van der Waals surface area contributed by atoms with Crippen LogP contribution in [0.4, 0.5) is 0 Å². The fourth-order valence-corrected chi connectivity index (χ4v) is 1.08. The summed E-state index contributed by atoms with van der Waals surface area (Å²) in [6, 6.07) is 7.54. The molecule has 1 rings (SSSR count). The lowest BCUT2D eigenvalue weighted by Gasteiger charge is -2.05. The first-order valence-corrected chi connectivity index (χ1v) is 4.63. The van der Waals surface area contributed by atoms with Crippen LogP contribution in [0.3, 0.4) is 0 Å². The maximum atomic E-state index is 9.98. The van der Waals surface area contributed by atoms with Crippen LogP contribution >= 0.6 is 0 Å². The molecule has 1 aromatic rings. The lowest BCUT2D eigenvalue weighted by Crippen LogP contribution is -1.96. The Morgan fingerprint density at radius 2 is 2.29 bits per heavy atom. The molecule has 0 aromatic heterocycles. The molecule has 0 radical (unpaired) electrons. The predicted molar refractivity (Wildman–Crippen MR) is 53.1 cm³/mol. The number of carbonyl (C=O) groups excluding carboxylic acids is 1. The van der Waals surface area contributed by atoms with E-state index in [2.05, 4.69) is 11.7 Å². The molecule has 3 nitrogen and oxygen atoms in total. The second-order valence-electron chi connectivity index (χ2n) is 2.90. The fraction of sp³-hybridized carbons (Fsp3) is 0.364. The maximum Gasteiger partial charge on any atom is 0.293 e. The third kappa shape index (κ3) is 3.47. The Hall–Kier alpha value is -1.51. The van der Waals surface area contributed by atoms with E-state index < -0.39 is 0 Å². The van der Waals surface area contributed by atoms with E-state index in [1.807, 2.05) is 24.3 Å². The molecule has 0 atom stereocenters. The summed E-state index contributed by atoms with van der Waals surface area (Å²) < 4.78 is 10.1. The highest BCUT2D eigenvalue weighted by Crippen LogP contribution is 2.13. The average molecular weight is 194 g/mol. The van der Waals surface area contributed by atoms with E-state index in [-0.39, 0.29) is 0 Å². The SMILES string of the molecule is CCCOc1cccc(COC=O)c1. The summed E-state index contributed by atoms with van der Waals surface area (Å²) in [6.45, 7) is 3.50. The van der Waals surface area contributed by atoms with E-state index >= 15 is 0 Å². The van der Waals surface area contributed by atoms with Gasteiger partial charge in [-0.05, 0) is 24.1 Å². The third-order valence-corrected chi connectivity index (χ3v) is 1.69. The van der Waals surface area contributed by atoms with Crippen LogP contribution in [0, 0.1) is 0 Å². The highest BCUT2D eigenvalue weighted by Gasteiger charge is 1.96. The Kier molecular flexibility index (Phi) is 4.55. The van der Waals surface area contributed by atoms with Gasteiger partial charge in [-0.25, -0.2) is 0 Å². The van der Waals surface area contributed by atoms with Gasteiger partial charge in [0.15, 0.2) is 0 Å². The molecule has 0 unspecified atom stereocenters. The number of hydrogen-bond acceptors (Lipinski definition) is 3. The first-order chi connectivity index (χ1) is 6.86. The van der Waals surface area contributed by atoms with Crippen molar-refractivity contribution in [2.24, 2.45) is 0 Å². The highest BCUT2D eigenvalue weighted by atomic mass is 16.5.